The normalized spacial score (nSPS) is 15.4. The molecule has 0 aliphatic heterocycles. The number of para-hydroxylation sites is 1. The van der Waals surface area contributed by atoms with E-state index >= 15 is 0 Å². The van der Waals surface area contributed by atoms with Crippen molar-refractivity contribution in [1.82, 2.24) is 10.3 Å². The van der Waals surface area contributed by atoms with Crippen LogP contribution in [0.15, 0.2) is 71.9 Å². The van der Waals surface area contributed by atoms with Crippen molar-refractivity contribution in [3.63, 3.8) is 0 Å². The Kier molecular flexibility index (Phi) is 7.27. The Morgan fingerprint density at radius 2 is 1.79 bits per heavy atom. The van der Waals surface area contributed by atoms with Crippen molar-refractivity contribution in [3.05, 3.63) is 83.8 Å². The topological polar surface area (TPSA) is 101 Å². The van der Waals surface area contributed by atoms with Gasteiger partial charge in [-0.15, -0.1) is 0 Å². The van der Waals surface area contributed by atoms with Crippen LogP contribution < -0.4 is 10.1 Å². The third-order valence-corrected chi connectivity index (χ3v) is 5.56. The zero-order chi connectivity index (χ0) is 23.9. The molecule has 0 radical (unpaired) electrons. The predicted octanol–water partition coefficient (Wildman–Crippen LogP) is 4.60. The van der Waals surface area contributed by atoms with Crippen LogP contribution in [0.4, 0.5) is 4.39 Å². The third-order valence-electron chi connectivity index (χ3n) is 5.56. The molecule has 1 aromatic heterocycles. The lowest BCUT2D eigenvalue weighted by atomic mass is 9.93. The number of aromatic nitrogens is 1. The Hall–Kier alpha value is -4.07. The number of pyridine rings is 1. The third kappa shape index (κ3) is 6.04. The number of nitrogens with one attached hydrogen (secondary N) is 1. The summed E-state index contributed by atoms with van der Waals surface area (Å²) in [6.45, 7) is 0. The van der Waals surface area contributed by atoms with E-state index in [1.165, 1.54) is 30.5 Å². The first-order chi connectivity index (χ1) is 16.5. The number of hydrogen-bond acceptors (Lipinski definition) is 5. The lowest BCUT2D eigenvalue weighted by Crippen LogP contribution is -2.38. The zero-order valence-electron chi connectivity index (χ0n) is 18.4. The Morgan fingerprint density at radius 3 is 2.53 bits per heavy atom. The number of hydrogen-bond donors (Lipinski definition) is 2. The molecule has 1 heterocycles. The van der Waals surface area contributed by atoms with Gasteiger partial charge in [0, 0.05) is 23.5 Å². The van der Waals surface area contributed by atoms with E-state index in [1.807, 2.05) is 0 Å². The molecule has 34 heavy (non-hydrogen) atoms. The quantitative estimate of drug-likeness (QED) is 0.559. The van der Waals surface area contributed by atoms with Crippen LogP contribution in [0, 0.1) is 5.82 Å². The van der Waals surface area contributed by atoms with Gasteiger partial charge in [0.2, 0.25) is 11.8 Å². The summed E-state index contributed by atoms with van der Waals surface area (Å²) in [5.41, 5.74) is 1.56. The van der Waals surface area contributed by atoms with Crippen LogP contribution in [0.3, 0.4) is 0 Å². The van der Waals surface area contributed by atoms with E-state index in [2.05, 4.69) is 15.3 Å². The van der Waals surface area contributed by atoms with Gasteiger partial charge < -0.3 is 15.2 Å². The van der Waals surface area contributed by atoms with Crippen molar-refractivity contribution in [1.29, 1.82) is 0 Å². The Balaban J connectivity index is 1.33. The lowest BCUT2D eigenvalue weighted by Gasteiger charge is -2.24. The number of phenols is 1. The predicted molar refractivity (Wildman–Crippen MR) is 125 cm³/mol. The van der Waals surface area contributed by atoms with Gasteiger partial charge in [0.15, 0.2) is 0 Å². The molecule has 0 saturated heterocycles. The molecule has 1 fully saturated rings. The van der Waals surface area contributed by atoms with Crippen molar-refractivity contribution < 1.29 is 23.8 Å². The van der Waals surface area contributed by atoms with Crippen molar-refractivity contribution in [3.8, 4) is 17.4 Å². The molecule has 0 atom stereocenters. The summed E-state index contributed by atoms with van der Waals surface area (Å²) in [5.74, 6) is -0.424. The summed E-state index contributed by atoms with van der Waals surface area (Å²) < 4.78 is 18.8. The van der Waals surface area contributed by atoms with Gasteiger partial charge in [-0.05, 0) is 68.1 Å². The molecule has 3 aromatic rings. The SMILES string of the molecule is O=C(Cc1ccccc1O)NC1CCC(=NC(=O)c2cccnc2Oc2ccc(F)cc2)CC1. The molecule has 0 unspecified atom stereocenters. The van der Waals surface area contributed by atoms with Crippen LogP contribution in [0.25, 0.3) is 0 Å². The smallest absolute Gasteiger partial charge is 0.282 e. The summed E-state index contributed by atoms with van der Waals surface area (Å²) in [4.78, 5) is 33.5. The fraction of sp³-hybridized carbons (Fsp3) is 0.231. The molecule has 1 saturated carbocycles. The maximum atomic E-state index is 13.1. The number of halogens is 1. The largest absolute Gasteiger partial charge is 0.508 e. The number of phenolic OH excluding ortho intramolecular Hbond substituents is 1. The van der Waals surface area contributed by atoms with Gasteiger partial charge in [-0.1, -0.05) is 18.2 Å². The summed E-state index contributed by atoms with van der Waals surface area (Å²) in [7, 11) is 0. The van der Waals surface area contributed by atoms with E-state index in [4.69, 9.17) is 4.74 Å². The van der Waals surface area contributed by atoms with Crippen LogP contribution in [0.2, 0.25) is 0 Å². The number of ether oxygens (including phenoxy) is 1. The second kappa shape index (κ2) is 10.7. The molecule has 7 nitrogen and oxygen atoms in total. The molecule has 0 spiro atoms. The van der Waals surface area contributed by atoms with Gasteiger partial charge in [0.1, 0.15) is 22.9 Å². The number of nitrogens with zero attached hydrogens (tertiary/aromatic N) is 2. The van der Waals surface area contributed by atoms with Crippen LogP contribution in [0.5, 0.6) is 17.4 Å². The highest BCUT2D eigenvalue weighted by Gasteiger charge is 2.22. The first-order valence-electron chi connectivity index (χ1n) is 11.0. The standard InChI is InChI=1S/C26H24FN3O4/c27-18-7-13-21(14-8-18)34-26-22(5-3-15-28-26)25(33)30-20-11-9-19(10-12-20)29-24(32)16-17-4-1-2-6-23(17)31/h1-8,13-15,19,31H,9-12,16H2,(H,29,32). The number of amides is 2. The highest BCUT2D eigenvalue weighted by Crippen LogP contribution is 2.25. The highest BCUT2D eigenvalue weighted by atomic mass is 19.1. The number of aromatic hydroxyl groups is 1. The minimum absolute atomic E-state index is 0.0110. The fourth-order valence-electron chi connectivity index (χ4n) is 3.77. The van der Waals surface area contributed by atoms with Gasteiger partial charge in [-0.25, -0.2) is 14.4 Å². The number of benzene rings is 2. The highest BCUT2D eigenvalue weighted by molar-refractivity contribution is 6.05. The number of carbonyl (C=O) groups is 2. The van der Waals surface area contributed by atoms with Crippen molar-refractivity contribution in [2.45, 2.75) is 38.1 Å². The first-order valence-corrected chi connectivity index (χ1v) is 11.0. The van der Waals surface area contributed by atoms with Gasteiger partial charge in [-0.3, -0.25) is 9.59 Å². The average Bonchev–Trinajstić information content (AvgIpc) is 2.83. The number of aliphatic imine (C=N–C) groups is 1. The van der Waals surface area contributed by atoms with Crippen molar-refractivity contribution in [2.75, 3.05) is 0 Å². The first kappa shape index (κ1) is 23.1. The van der Waals surface area contributed by atoms with E-state index in [-0.39, 0.29) is 41.4 Å². The van der Waals surface area contributed by atoms with Crippen LogP contribution in [0.1, 0.15) is 41.6 Å². The molecule has 0 bridgehead atoms. The fourth-order valence-corrected chi connectivity index (χ4v) is 3.77. The number of carbonyl (C=O) groups excluding carboxylic acids is 2. The summed E-state index contributed by atoms with van der Waals surface area (Å²) in [6.07, 6.45) is 4.13. The second-order valence-electron chi connectivity index (χ2n) is 8.04. The average molecular weight is 461 g/mol. The van der Waals surface area contributed by atoms with Crippen LogP contribution >= 0.6 is 0 Å². The van der Waals surface area contributed by atoms with E-state index in [9.17, 15) is 19.1 Å². The minimum atomic E-state index is -0.456. The van der Waals surface area contributed by atoms with E-state index < -0.39 is 5.91 Å². The molecule has 8 heteroatoms. The van der Waals surface area contributed by atoms with Gasteiger partial charge >= 0.3 is 0 Å². The summed E-state index contributed by atoms with van der Waals surface area (Å²) in [6, 6.07) is 15.4. The molecule has 174 valence electrons. The maximum Gasteiger partial charge on any atom is 0.282 e. The molecule has 2 N–H and O–H groups in total. The molecule has 2 aromatic carbocycles. The van der Waals surface area contributed by atoms with E-state index in [0.29, 0.717) is 37.0 Å². The molecular formula is C26H24FN3O4. The summed E-state index contributed by atoms with van der Waals surface area (Å²) >= 11 is 0. The Bertz CT molecular complexity index is 1200. The van der Waals surface area contributed by atoms with Crippen LogP contribution in [-0.4, -0.2) is 33.7 Å². The second-order valence-corrected chi connectivity index (χ2v) is 8.04. The van der Waals surface area contributed by atoms with E-state index in [1.54, 1.807) is 36.4 Å². The summed E-state index contributed by atoms with van der Waals surface area (Å²) in [5, 5.41) is 12.8. The van der Waals surface area contributed by atoms with Gasteiger partial charge in [-0.2, -0.15) is 0 Å². The number of rotatable bonds is 6. The lowest BCUT2D eigenvalue weighted by molar-refractivity contribution is -0.121. The van der Waals surface area contributed by atoms with Crippen molar-refractivity contribution in [2.24, 2.45) is 4.99 Å². The Labute approximate surface area is 196 Å². The Morgan fingerprint density at radius 1 is 1.06 bits per heavy atom. The maximum absolute atomic E-state index is 13.1. The van der Waals surface area contributed by atoms with Crippen LogP contribution in [-0.2, 0) is 11.2 Å². The van der Waals surface area contributed by atoms with E-state index in [0.717, 1.165) is 5.71 Å². The molecule has 1 aliphatic carbocycles. The minimum Gasteiger partial charge on any atom is -0.508 e. The van der Waals surface area contributed by atoms with Crippen molar-refractivity contribution >= 4 is 17.5 Å². The molecule has 4 rings (SSSR count). The van der Waals surface area contributed by atoms with Gasteiger partial charge in [0.25, 0.3) is 5.91 Å². The van der Waals surface area contributed by atoms with Gasteiger partial charge in [0.05, 0.1) is 6.42 Å². The molecule has 1 aliphatic rings. The monoisotopic (exact) mass is 461 g/mol. The molecule has 2 amide bonds. The zero-order valence-corrected chi connectivity index (χ0v) is 18.4. The molecular weight excluding hydrogens is 437 g/mol.